The Morgan fingerprint density at radius 2 is 1.69 bits per heavy atom. The molecular weight excluding hydrogens is 156 g/mol. The molecule has 0 fully saturated rings. The molecule has 13 heavy (non-hydrogen) atoms. The van der Waals surface area contributed by atoms with E-state index in [1.54, 1.807) is 0 Å². The second-order valence-corrected chi connectivity index (χ2v) is 4.33. The number of hydrogen-bond acceptors (Lipinski definition) is 0. The summed E-state index contributed by atoms with van der Waals surface area (Å²) in [6.07, 6.45) is 12.4. The molecule has 0 aliphatic carbocycles. The Morgan fingerprint density at radius 1 is 1.00 bits per heavy atom. The van der Waals surface area contributed by atoms with E-state index in [0.717, 1.165) is 0 Å². The fourth-order valence-electron chi connectivity index (χ4n) is 1.80. The summed E-state index contributed by atoms with van der Waals surface area (Å²) < 4.78 is 0. The van der Waals surface area contributed by atoms with Crippen LogP contribution in [-0.4, -0.2) is 0 Å². The van der Waals surface area contributed by atoms with Crippen LogP contribution in [0.15, 0.2) is 12.2 Å². The highest BCUT2D eigenvalue weighted by molar-refractivity contribution is 4.83. The van der Waals surface area contributed by atoms with Crippen molar-refractivity contribution in [2.45, 2.75) is 66.2 Å². The van der Waals surface area contributed by atoms with Gasteiger partial charge in [0.1, 0.15) is 0 Å². The van der Waals surface area contributed by atoms with Crippen molar-refractivity contribution in [3.63, 3.8) is 0 Å². The van der Waals surface area contributed by atoms with Crippen LogP contribution in [0.1, 0.15) is 66.2 Å². The second-order valence-electron chi connectivity index (χ2n) is 4.33. The zero-order valence-corrected chi connectivity index (χ0v) is 9.90. The third-order valence-electron chi connectivity index (χ3n) is 3.02. The molecular formula is C13H26. The van der Waals surface area contributed by atoms with Crippen LogP contribution < -0.4 is 0 Å². The van der Waals surface area contributed by atoms with Crippen LogP contribution in [0.3, 0.4) is 0 Å². The topological polar surface area (TPSA) is 0 Å². The van der Waals surface area contributed by atoms with Gasteiger partial charge in [-0.25, -0.2) is 0 Å². The molecule has 0 aliphatic rings. The van der Waals surface area contributed by atoms with Crippen LogP contribution in [0.5, 0.6) is 0 Å². The highest BCUT2D eigenvalue weighted by Crippen LogP contribution is 2.32. The molecule has 0 N–H and O–H groups in total. The van der Waals surface area contributed by atoms with Gasteiger partial charge in [0, 0.05) is 0 Å². The summed E-state index contributed by atoms with van der Waals surface area (Å²) in [5.41, 5.74) is 0.590. The van der Waals surface area contributed by atoms with E-state index in [4.69, 9.17) is 0 Å². The molecule has 1 atom stereocenters. The number of allylic oxidation sites excluding steroid dienone is 2. The fraction of sp³-hybridized carbons (Fsp3) is 0.846. The minimum absolute atomic E-state index is 0.590. The van der Waals surface area contributed by atoms with Crippen molar-refractivity contribution >= 4 is 0 Å². The molecule has 0 heteroatoms. The lowest BCUT2D eigenvalue weighted by Gasteiger charge is -2.27. The summed E-state index contributed by atoms with van der Waals surface area (Å²) in [6.45, 7) is 9.23. The van der Waals surface area contributed by atoms with Crippen molar-refractivity contribution in [3.05, 3.63) is 12.2 Å². The van der Waals surface area contributed by atoms with Gasteiger partial charge < -0.3 is 0 Å². The Bertz CT molecular complexity index is 135. The average Bonchev–Trinajstić information content (AvgIpc) is 2.13. The SMILES string of the molecule is CC/C=C\CCC(C)(CC)CCC. The molecule has 0 aromatic carbocycles. The van der Waals surface area contributed by atoms with Gasteiger partial charge in [-0.2, -0.15) is 0 Å². The monoisotopic (exact) mass is 182 g/mol. The third kappa shape index (κ3) is 5.90. The van der Waals surface area contributed by atoms with Crippen molar-refractivity contribution < 1.29 is 0 Å². The standard InChI is InChI=1S/C13H26/c1-5-8-9-10-12-13(4,7-3)11-6-2/h8-9H,5-7,10-12H2,1-4H3/b9-8-. The molecule has 0 rings (SSSR count). The second kappa shape index (κ2) is 7.17. The Hall–Kier alpha value is -0.260. The first kappa shape index (κ1) is 12.7. The Balaban J connectivity index is 3.76. The first-order valence-corrected chi connectivity index (χ1v) is 5.83. The minimum Gasteiger partial charge on any atom is -0.0888 e. The van der Waals surface area contributed by atoms with Gasteiger partial charge in [0.15, 0.2) is 0 Å². The summed E-state index contributed by atoms with van der Waals surface area (Å²) in [5.74, 6) is 0. The zero-order valence-electron chi connectivity index (χ0n) is 9.90. The highest BCUT2D eigenvalue weighted by atomic mass is 14.2. The predicted molar refractivity (Wildman–Crippen MR) is 62.0 cm³/mol. The Labute approximate surface area is 84.4 Å². The molecule has 0 aromatic heterocycles. The average molecular weight is 182 g/mol. The van der Waals surface area contributed by atoms with Crippen LogP contribution in [0.25, 0.3) is 0 Å². The molecule has 78 valence electrons. The molecule has 0 aliphatic heterocycles. The van der Waals surface area contributed by atoms with Gasteiger partial charge >= 0.3 is 0 Å². The van der Waals surface area contributed by atoms with Gasteiger partial charge in [-0.05, 0) is 31.1 Å². The van der Waals surface area contributed by atoms with E-state index in [-0.39, 0.29) is 0 Å². The van der Waals surface area contributed by atoms with Crippen LogP contribution in [0.4, 0.5) is 0 Å². The fourth-order valence-corrected chi connectivity index (χ4v) is 1.80. The van der Waals surface area contributed by atoms with E-state index in [1.165, 1.54) is 38.5 Å². The van der Waals surface area contributed by atoms with Gasteiger partial charge in [-0.1, -0.05) is 52.7 Å². The van der Waals surface area contributed by atoms with E-state index in [9.17, 15) is 0 Å². The van der Waals surface area contributed by atoms with Gasteiger partial charge in [0.05, 0.1) is 0 Å². The van der Waals surface area contributed by atoms with E-state index in [0.29, 0.717) is 5.41 Å². The maximum absolute atomic E-state index is 2.43. The maximum atomic E-state index is 2.43. The molecule has 0 aromatic rings. The van der Waals surface area contributed by atoms with Crippen molar-refractivity contribution in [1.29, 1.82) is 0 Å². The first-order valence-electron chi connectivity index (χ1n) is 5.83. The summed E-state index contributed by atoms with van der Waals surface area (Å²) in [7, 11) is 0. The van der Waals surface area contributed by atoms with Gasteiger partial charge in [-0.15, -0.1) is 0 Å². The van der Waals surface area contributed by atoms with Crippen molar-refractivity contribution in [2.24, 2.45) is 5.41 Å². The summed E-state index contributed by atoms with van der Waals surface area (Å²) in [4.78, 5) is 0. The van der Waals surface area contributed by atoms with E-state index >= 15 is 0 Å². The normalized spacial score (nSPS) is 16.3. The van der Waals surface area contributed by atoms with E-state index in [1.807, 2.05) is 0 Å². The first-order chi connectivity index (χ1) is 6.18. The minimum atomic E-state index is 0.590. The van der Waals surface area contributed by atoms with Gasteiger partial charge in [0.2, 0.25) is 0 Å². The van der Waals surface area contributed by atoms with Crippen molar-refractivity contribution in [1.82, 2.24) is 0 Å². The molecule has 0 radical (unpaired) electrons. The summed E-state index contributed by atoms with van der Waals surface area (Å²) >= 11 is 0. The van der Waals surface area contributed by atoms with Crippen LogP contribution in [0.2, 0.25) is 0 Å². The largest absolute Gasteiger partial charge is 0.0888 e. The summed E-state index contributed by atoms with van der Waals surface area (Å²) in [5, 5.41) is 0. The van der Waals surface area contributed by atoms with E-state index in [2.05, 4.69) is 39.8 Å². The quantitative estimate of drug-likeness (QED) is 0.489. The lowest BCUT2D eigenvalue weighted by molar-refractivity contribution is 0.260. The molecule has 0 heterocycles. The van der Waals surface area contributed by atoms with Gasteiger partial charge in [-0.3, -0.25) is 0 Å². The lowest BCUT2D eigenvalue weighted by atomic mass is 9.79. The molecule has 0 saturated heterocycles. The molecule has 0 nitrogen and oxygen atoms in total. The van der Waals surface area contributed by atoms with Crippen molar-refractivity contribution in [2.75, 3.05) is 0 Å². The number of hydrogen-bond donors (Lipinski definition) is 0. The summed E-state index contributed by atoms with van der Waals surface area (Å²) in [6, 6.07) is 0. The third-order valence-corrected chi connectivity index (χ3v) is 3.02. The van der Waals surface area contributed by atoms with Crippen LogP contribution >= 0.6 is 0 Å². The zero-order chi connectivity index (χ0) is 10.2. The Kier molecular flexibility index (Phi) is 7.03. The molecule has 0 amide bonds. The smallest absolute Gasteiger partial charge is 0.0326 e. The predicted octanol–water partition coefficient (Wildman–Crippen LogP) is 4.95. The molecule has 0 bridgehead atoms. The maximum Gasteiger partial charge on any atom is -0.0326 e. The van der Waals surface area contributed by atoms with Crippen LogP contribution in [0, 0.1) is 5.41 Å². The molecule has 1 unspecified atom stereocenters. The highest BCUT2D eigenvalue weighted by Gasteiger charge is 2.19. The lowest BCUT2D eigenvalue weighted by Crippen LogP contribution is -2.14. The molecule has 0 spiro atoms. The molecule has 0 saturated carbocycles. The Morgan fingerprint density at radius 3 is 2.15 bits per heavy atom. The van der Waals surface area contributed by atoms with Crippen LogP contribution in [-0.2, 0) is 0 Å². The van der Waals surface area contributed by atoms with Gasteiger partial charge in [0.25, 0.3) is 0 Å². The van der Waals surface area contributed by atoms with Crippen molar-refractivity contribution in [3.8, 4) is 0 Å². The number of rotatable bonds is 7. The van der Waals surface area contributed by atoms with E-state index < -0.39 is 0 Å².